The molecule has 7 rings (SSSR count). The molecule has 11 nitrogen and oxygen atoms in total. The molecule has 3 aliphatic rings. The lowest BCUT2D eigenvalue weighted by atomic mass is 9.99. The summed E-state index contributed by atoms with van der Waals surface area (Å²) in [5.74, 6) is 1.27. The Hall–Kier alpha value is -4.82. The molecule has 2 aromatic carbocycles. The molecule has 0 bridgehead atoms. The number of hydrogen-bond acceptors (Lipinski definition) is 9. The number of amides is 1. The Balaban J connectivity index is 1.37. The van der Waals surface area contributed by atoms with Gasteiger partial charge in [0, 0.05) is 31.1 Å². The highest BCUT2D eigenvalue weighted by Gasteiger charge is 2.33. The van der Waals surface area contributed by atoms with Gasteiger partial charge in [0.25, 0.3) is 5.56 Å². The number of carbonyl (C=O) groups excluding carboxylic acids is 1. The first-order valence-corrected chi connectivity index (χ1v) is 16.1. The monoisotopic (exact) mass is 618 g/mol. The summed E-state index contributed by atoms with van der Waals surface area (Å²) in [6.45, 7) is 8.05. The first-order chi connectivity index (χ1) is 22.4. The van der Waals surface area contributed by atoms with Crippen molar-refractivity contribution >= 4 is 33.5 Å². The molecule has 4 heterocycles. The van der Waals surface area contributed by atoms with E-state index >= 15 is 0 Å². The number of hydrogen-bond donors (Lipinski definition) is 0. The van der Waals surface area contributed by atoms with Crippen LogP contribution in [0.15, 0.2) is 53.8 Å². The van der Waals surface area contributed by atoms with E-state index in [1.165, 1.54) is 11.6 Å². The van der Waals surface area contributed by atoms with Gasteiger partial charge in [-0.2, -0.15) is 15.2 Å². The average molecular weight is 619 g/mol. The highest BCUT2D eigenvalue weighted by Crippen LogP contribution is 2.44. The van der Waals surface area contributed by atoms with E-state index in [0.717, 1.165) is 48.7 Å². The van der Waals surface area contributed by atoms with E-state index < -0.39 is 0 Å². The Morgan fingerprint density at radius 3 is 2.59 bits per heavy atom. The summed E-state index contributed by atoms with van der Waals surface area (Å²) < 4.78 is 7.88. The normalized spacial score (nSPS) is 20.3. The van der Waals surface area contributed by atoms with Crippen molar-refractivity contribution in [1.29, 1.82) is 5.26 Å². The largest absolute Gasteiger partial charge is 0.462 e. The number of anilines is 1. The molecule has 3 fully saturated rings. The van der Waals surface area contributed by atoms with Gasteiger partial charge in [0.15, 0.2) is 11.3 Å². The molecule has 1 amide bonds. The first kappa shape index (κ1) is 29.9. The fourth-order valence-corrected chi connectivity index (χ4v) is 7.07. The standard InChI is InChI=1S/C35H38N8O3/c1-4-29(44)42-19-18-41(20-25(42)15-16-36)33-31-32(38-35(39-33)46-21-26-10-7-17-40(26)3)34(45)43(22(2)37-31)28-12-6-9-24-8-5-11-27(30(24)28)23-13-14-23/h4-6,8-9,11-12,23,25-26H,1,7,10,13-15,17-21H2,2-3H3/t25-,26-/m0/s1. The molecular weight excluding hydrogens is 580 g/mol. The molecule has 0 unspecified atom stereocenters. The van der Waals surface area contributed by atoms with Crippen molar-refractivity contribution in [1.82, 2.24) is 29.3 Å². The van der Waals surface area contributed by atoms with Crippen LogP contribution in [0.2, 0.25) is 0 Å². The highest BCUT2D eigenvalue weighted by atomic mass is 16.5. The zero-order valence-electron chi connectivity index (χ0n) is 26.4. The van der Waals surface area contributed by atoms with Crippen LogP contribution >= 0.6 is 0 Å². The van der Waals surface area contributed by atoms with E-state index in [1.807, 2.05) is 24.0 Å². The van der Waals surface area contributed by atoms with E-state index in [9.17, 15) is 14.9 Å². The second kappa shape index (κ2) is 12.2. The van der Waals surface area contributed by atoms with E-state index in [-0.39, 0.29) is 41.5 Å². The lowest BCUT2D eigenvalue weighted by molar-refractivity contribution is -0.128. The summed E-state index contributed by atoms with van der Waals surface area (Å²) in [5, 5.41) is 11.7. The number of nitrogens with zero attached hydrogens (tertiary/aromatic N) is 8. The van der Waals surface area contributed by atoms with Gasteiger partial charge < -0.3 is 19.4 Å². The lowest BCUT2D eigenvalue weighted by Gasteiger charge is -2.40. The van der Waals surface area contributed by atoms with Crippen LogP contribution in [0.1, 0.15) is 49.4 Å². The molecule has 0 N–H and O–H groups in total. The number of benzene rings is 2. The number of carbonyl (C=O) groups is 1. The molecule has 0 radical (unpaired) electrons. The van der Waals surface area contributed by atoms with Gasteiger partial charge in [0.05, 0.1) is 24.2 Å². The third-order valence-electron chi connectivity index (χ3n) is 9.66. The summed E-state index contributed by atoms with van der Waals surface area (Å²) in [5.41, 5.74) is 2.31. The topological polar surface area (TPSA) is 120 Å². The van der Waals surface area contributed by atoms with Crippen molar-refractivity contribution in [3.8, 4) is 17.8 Å². The number of likely N-dealkylation sites (N-methyl/N-ethyl adjacent to an activating group) is 1. The molecule has 2 aliphatic heterocycles. The summed E-state index contributed by atoms with van der Waals surface area (Å²) >= 11 is 0. The Morgan fingerprint density at radius 2 is 1.87 bits per heavy atom. The van der Waals surface area contributed by atoms with Crippen LogP contribution < -0.4 is 15.2 Å². The molecule has 236 valence electrons. The minimum absolute atomic E-state index is 0.120. The van der Waals surface area contributed by atoms with Crippen molar-refractivity contribution in [2.45, 2.75) is 57.0 Å². The minimum atomic E-state index is -0.372. The Morgan fingerprint density at radius 1 is 1.07 bits per heavy atom. The predicted molar refractivity (Wildman–Crippen MR) is 176 cm³/mol. The van der Waals surface area contributed by atoms with Crippen LogP contribution in [-0.4, -0.2) is 87.1 Å². The second-order valence-corrected chi connectivity index (χ2v) is 12.6. The van der Waals surface area contributed by atoms with Crippen molar-refractivity contribution in [2.75, 3.05) is 44.7 Å². The van der Waals surface area contributed by atoms with E-state index in [0.29, 0.717) is 49.3 Å². The highest BCUT2D eigenvalue weighted by molar-refractivity contribution is 5.95. The van der Waals surface area contributed by atoms with Gasteiger partial charge in [-0.1, -0.05) is 36.9 Å². The number of ether oxygens (including phenoxy) is 1. The molecule has 4 aromatic rings. The van der Waals surface area contributed by atoms with Crippen molar-refractivity contribution < 1.29 is 9.53 Å². The van der Waals surface area contributed by atoms with Crippen LogP contribution in [0.5, 0.6) is 6.01 Å². The smallest absolute Gasteiger partial charge is 0.319 e. The summed E-state index contributed by atoms with van der Waals surface area (Å²) in [6, 6.07) is 14.6. The number of nitriles is 1. The van der Waals surface area contributed by atoms with Crippen LogP contribution in [-0.2, 0) is 4.79 Å². The van der Waals surface area contributed by atoms with E-state index in [1.54, 1.807) is 9.47 Å². The molecule has 2 atom stereocenters. The zero-order chi connectivity index (χ0) is 31.9. The predicted octanol–water partition coefficient (Wildman–Crippen LogP) is 4.10. The van der Waals surface area contributed by atoms with Crippen LogP contribution in [0.25, 0.3) is 27.5 Å². The second-order valence-electron chi connectivity index (χ2n) is 12.6. The molecule has 2 aromatic heterocycles. The quantitative estimate of drug-likeness (QED) is 0.269. The Labute approximate surface area is 267 Å². The van der Waals surface area contributed by atoms with Gasteiger partial charge in [0.1, 0.15) is 17.9 Å². The van der Waals surface area contributed by atoms with Gasteiger partial charge in [-0.25, -0.2) is 4.98 Å². The summed E-state index contributed by atoms with van der Waals surface area (Å²) in [6.07, 6.45) is 5.84. The first-order valence-electron chi connectivity index (χ1n) is 16.1. The molecule has 2 saturated heterocycles. The van der Waals surface area contributed by atoms with E-state index in [4.69, 9.17) is 19.7 Å². The van der Waals surface area contributed by atoms with Gasteiger partial charge in [-0.3, -0.25) is 14.2 Å². The van der Waals surface area contributed by atoms with Crippen LogP contribution in [0.4, 0.5) is 5.82 Å². The molecule has 1 saturated carbocycles. The maximum absolute atomic E-state index is 14.6. The Bertz CT molecular complexity index is 1940. The summed E-state index contributed by atoms with van der Waals surface area (Å²) in [4.78, 5) is 47.6. The third-order valence-corrected chi connectivity index (χ3v) is 9.66. The molecule has 1 aliphatic carbocycles. The van der Waals surface area contributed by atoms with E-state index in [2.05, 4.69) is 48.9 Å². The maximum Gasteiger partial charge on any atom is 0.319 e. The lowest BCUT2D eigenvalue weighted by Crippen LogP contribution is -2.55. The van der Waals surface area contributed by atoms with Crippen molar-refractivity contribution in [2.24, 2.45) is 0 Å². The van der Waals surface area contributed by atoms with Crippen molar-refractivity contribution in [3.05, 3.63) is 70.8 Å². The van der Waals surface area contributed by atoms with Crippen molar-refractivity contribution in [3.63, 3.8) is 0 Å². The maximum atomic E-state index is 14.6. The third kappa shape index (κ3) is 5.36. The SMILES string of the molecule is C=CC(=O)N1CCN(c2nc(OC[C@@H]3CCCN3C)nc3c(=O)n(-c4cccc5cccc(C6CC6)c45)c(C)nc23)C[C@@H]1CC#N. The number of piperazine rings is 1. The average Bonchev–Trinajstić information content (AvgIpc) is 3.83. The number of aryl methyl sites for hydroxylation is 1. The van der Waals surface area contributed by atoms with Gasteiger partial charge in [0.2, 0.25) is 5.91 Å². The zero-order valence-corrected chi connectivity index (χ0v) is 26.4. The number of aromatic nitrogens is 4. The minimum Gasteiger partial charge on any atom is -0.462 e. The van der Waals surface area contributed by atoms with Crippen LogP contribution in [0.3, 0.4) is 0 Å². The Kier molecular flexibility index (Phi) is 7.90. The van der Waals surface area contributed by atoms with Gasteiger partial charge in [-0.05, 0) is 75.2 Å². The summed E-state index contributed by atoms with van der Waals surface area (Å²) in [7, 11) is 2.08. The molecule has 0 spiro atoms. The fraction of sp³-hybridized carbons (Fsp3) is 0.429. The van der Waals surface area contributed by atoms with Crippen LogP contribution in [0, 0.1) is 18.3 Å². The fourth-order valence-electron chi connectivity index (χ4n) is 7.07. The number of likely N-dealkylation sites (tertiary alicyclic amines) is 1. The number of fused-ring (bicyclic) bond motifs is 2. The van der Waals surface area contributed by atoms with Gasteiger partial charge >= 0.3 is 6.01 Å². The number of rotatable bonds is 8. The van der Waals surface area contributed by atoms with Gasteiger partial charge in [-0.15, -0.1) is 0 Å². The molecular formula is C35H38N8O3. The molecule has 11 heteroatoms. The molecule has 46 heavy (non-hydrogen) atoms.